The molecule has 1 aromatic carbocycles. The van der Waals surface area contributed by atoms with Gasteiger partial charge in [-0.05, 0) is 51.5 Å². The van der Waals surface area contributed by atoms with Gasteiger partial charge in [-0.3, -0.25) is 5.32 Å². The van der Waals surface area contributed by atoms with Crippen molar-refractivity contribution in [3.8, 4) is 0 Å². The number of rotatable bonds is 7. The lowest BCUT2D eigenvalue weighted by molar-refractivity contribution is 0.131. The fraction of sp³-hybridized carbons (Fsp3) is 0.562. The number of sulfone groups is 1. The maximum atomic E-state index is 11.9. The summed E-state index contributed by atoms with van der Waals surface area (Å²) in [6.07, 6.45) is -0.235. The normalized spacial score (nSPS) is 12.6. The fourth-order valence-electron chi connectivity index (χ4n) is 2.36. The van der Waals surface area contributed by atoms with Crippen molar-refractivity contribution in [1.82, 2.24) is 0 Å². The van der Waals surface area contributed by atoms with Crippen molar-refractivity contribution in [2.24, 2.45) is 0 Å². The standard InChI is InChI=1S/C16H26N2O4S/c1-6-18(7-2)14-8-9-15(12(3)10-14)17-16(19)22-13(4)11-23(5,20)21/h8-10,13H,6-7,11H2,1-5H3,(H,17,19). The van der Waals surface area contributed by atoms with Crippen LogP contribution in [0.4, 0.5) is 16.2 Å². The van der Waals surface area contributed by atoms with Crippen LogP contribution in [0.25, 0.3) is 0 Å². The molecule has 0 heterocycles. The van der Waals surface area contributed by atoms with Crippen LogP contribution in [0.3, 0.4) is 0 Å². The van der Waals surface area contributed by atoms with Gasteiger partial charge in [-0.15, -0.1) is 0 Å². The molecule has 1 N–H and O–H groups in total. The fourth-order valence-corrected chi connectivity index (χ4v) is 3.28. The summed E-state index contributed by atoms with van der Waals surface area (Å²) in [5.41, 5.74) is 2.66. The number of ether oxygens (including phenoxy) is 1. The van der Waals surface area contributed by atoms with Crippen molar-refractivity contribution in [3.63, 3.8) is 0 Å². The lowest BCUT2D eigenvalue weighted by Gasteiger charge is -2.22. The van der Waals surface area contributed by atoms with Crippen LogP contribution in [0.5, 0.6) is 0 Å². The topological polar surface area (TPSA) is 75.7 Å². The van der Waals surface area contributed by atoms with Crippen LogP contribution < -0.4 is 10.2 Å². The summed E-state index contributed by atoms with van der Waals surface area (Å²) in [6, 6.07) is 5.77. The predicted molar refractivity (Wildman–Crippen MR) is 94.0 cm³/mol. The molecule has 0 aromatic heterocycles. The molecular weight excluding hydrogens is 316 g/mol. The Balaban J connectivity index is 2.72. The van der Waals surface area contributed by atoms with Gasteiger partial charge in [0.1, 0.15) is 6.10 Å². The van der Waals surface area contributed by atoms with Crippen molar-refractivity contribution < 1.29 is 17.9 Å². The minimum absolute atomic E-state index is 0.194. The number of carbonyl (C=O) groups excluding carboxylic acids is 1. The number of benzene rings is 1. The van der Waals surface area contributed by atoms with Crippen molar-refractivity contribution in [3.05, 3.63) is 23.8 Å². The smallest absolute Gasteiger partial charge is 0.411 e. The highest BCUT2D eigenvalue weighted by Gasteiger charge is 2.16. The first-order chi connectivity index (χ1) is 10.7. The zero-order valence-electron chi connectivity index (χ0n) is 14.4. The number of nitrogens with zero attached hydrogens (tertiary/aromatic N) is 1. The number of hydrogen-bond donors (Lipinski definition) is 1. The molecule has 130 valence electrons. The average Bonchev–Trinajstić information content (AvgIpc) is 2.40. The van der Waals surface area contributed by atoms with Gasteiger partial charge >= 0.3 is 6.09 Å². The van der Waals surface area contributed by atoms with E-state index in [2.05, 4.69) is 24.1 Å². The van der Waals surface area contributed by atoms with Crippen LogP contribution in [0.2, 0.25) is 0 Å². The summed E-state index contributed by atoms with van der Waals surface area (Å²) in [4.78, 5) is 14.1. The Labute approximate surface area is 138 Å². The highest BCUT2D eigenvalue weighted by molar-refractivity contribution is 7.90. The Morgan fingerprint density at radius 1 is 1.30 bits per heavy atom. The molecule has 0 radical (unpaired) electrons. The Morgan fingerprint density at radius 2 is 1.91 bits per heavy atom. The Morgan fingerprint density at radius 3 is 2.39 bits per heavy atom. The van der Waals surface area contributed by atoms with Gasteiger partial charge in [-0.25, -0.2) is 13.2 Å². The minimum atomic E-state index is -3.18. The first kappa shape index (κ1) is 19.3. The first-order valence-corrected chi connectivity index (χ1v) is 9.73. The molecule has 6 nitrogen and oxygen atoms in total. The van der Waals surface area contributed by atoms with Gasteiger partial charge < -0.3 is 9.64 Å². The number of nitrogens with one attached hydrogen (secondary N) is 1. The minimum Gasteiger partial charge on any atom is -0.445 e. The van der Waals surface area contributed by atoms with E-state index in [1.54, 1.807) is 6.92 Å². The molecule has 0 spiro atoms. The molecule has 0 saturated heterocycles. The second-order valence-electron chi connectivity index (χ2n) is 5.60. The van der Waals surface area contributed by atoms with Gasteiger partial charge in [-0.1, -0.05) is 0 Å². The molecular formula is C16H26N2O4S. The lowest BCUT2D eigenvalue weighted by atomic mass is 10.1. The third kappa shape index (κ3) is 6.48. The van der Waals surface area contributed by atoms with E-state index in [0.717, 1.165) is 30.6 Å². The van der Waals surface area contributed by atoms with E-state index in [1.807, 2.05) is 25.1 Å². The third-order valence-corrected chi connectivity index (χ3v) is 4.50. The number of amides is 1. The van der Waals surface area contributed by atoms with E-state index < -0.39 is 22.0 Å². The van der Waals surface area contributed by atoms with Crippen LogP contribution >= 0.6 is 0 Å². The highest BCUT2D eigenvalue weighted by atomic mass is 32.2. The van der Waals surface area contributed by atoms with Crippen molar-refractivity contribution in [2.75, 3.05) is 35.3 Å². The largest absolute Gasteiger partial charge is 0.445 e. The molecule has 0 aliphatic carbocycles. The molecule has 0 aliphatic heterocycles. The molecule has 0 fully saturated rings. The van der Waals surface area contributed by atoms with E-state index in [1.165, 1.54) is 0 Å². The zero-order valence-corrected chi connectivity index (χ0v) is 15.2. The van der Waals surface area contributed by atoms with Gasteiger partial charge in [0.15, 0.2) is 9.84 Å². The van der Waals surface area contributed by atoms with Crippen LogP contribution in [-0.2, 0) is 14.6 Å². The maximum Gasteiger partial charge on any atom is 0.411 e. The van der Waals surface area contributed by atoms with E-state index in [-0.39, 0.29) is 5.75 Å². The van der Waals surface area contributed by atoms with Crippen molar-refractivity contribution in [1.29, 1.82) is 0 Å². The number of carbonyl (C=O) groups is 1. The number of anilines is 2. The highest BCUT2D eigenvalue weighted by Crippen LogP contribution is 2.22. The summed E-state index contributed by atoms with van der Waals surface area (Å²) >= 11 is 0. The third-order valence-electron chi connectivity index (χ3n) is 3.42. The molecule has 1 atom stereocenters. The Hall–Kier alpha value is -1.76. The van der Waals surface area contributed by atoms with Crippen LogP contribution in [0.1, 0.15) is 26.3 Å². The molecule has 1 amide bonds. The van der Waals surface area contributed by atoms with Gasteiger partial charge in [0.25, 0.3) is 0 Å². The molecule has 1 unspecified atom stereocenters. The summed E-state index contributed by atoms with van der Waals surface area (Å²) in [5.74, 6) is -0.194. The molecule has 0 saturated carbocycles. The van der Waals surface area contributed by atoms with E-state index in [4.69, 9.17) is 4.74 Å². The maximum absolute atomic E-state index is 11.9. The molecule has 0 bridgehead atoms. The molecule has 1 aromatic rings. The summed E-state index contributed by atoms with van der Waals surface area (Å²) in [6.45, 7) is 9.46. The second kappa shape index (κ2) is 8.19. The Kier molecular flexibility index (Phi) is 6.87. The monoisotopic (exact) mass is 342 g/mol. The van der Waals surface area contributed by atoms with Gasteiger partial charge in [0, 0.05) is 30.7 Å². The van der Waals surface area contributed by atoms with Crippen LogP contribution in [-0.4, -0.2) is 45.7 Å². The summed E-state index contributed by atoms with van der Waals surface area (Å²) in [5, 5.41) is 2.65. The Bertz CT molecular complexity index is 639. The van der Waals surface area contributed by atoms with E-state index >= 15 is 0 Å². The van der Waals surface area contributed by atoms with Crippen molar-refractivity contribution >= 4 is 27.3 Å². The second-order valence-corrected chi connectivity index (χ2v) is 7.79. The predicted octanol–water partition coefficient (Wildman–Crippen LogP) is 2.82. The van der Waals surface area contributed by atoms with E-state index in [9.17, 15) is 13.2 Å². The van der Waals surface area contributed by atoms with Gasteiger partial charge in [-0.2, -0.15) is 0 Å². The summed E-state index contributed by atoms with van der Waals surface area (Å²) < 4.78 is 27.4. The van der Waals surface area contributed by atoms with Gasteiger partial charge in [0.05, 0.1) is 5.75 Å². The first-order valence-electron chi connectivity index (χ1n) is 7.67. The van der Waals surface area contributed by atoms with Crippen LogP contribution in [0, 0.1) is 6.92 Å². The molecule has 1 rings (SSSR count). The SMILES string of the molecule is CCN(CC)c1ccc(NC(=O)OC(C)CS(C)(=O)=O)c(C)c1. The van der Waals surface area contributed by atoms with Crippen LogP contribution in [0.15, 0.2) is 18.2 Å². The van der Waals surface area contributed by atoms with Gasteiger partial charge in [0.2, 0.25) is 0 Å². The summed E-state index contributed by atoms with van der Waals surface area (Å²) in [7, 11) is -3.18. The number of hydrogen-bond acceptors (Lipinski definition) is 5. The molecule has 7 heteroatoms. The average molecular weight is 342 g/mol. The van der Waals surface area contributed by atoms with E-state index in [0.29, 0.717) is 5.69 Å². The lowest BCUT2D eigenvalue weighted by Crippen LogP contribution is -2.26. The van der Waals surface area contributed by atoms with Crippen molar-refractivity contribution in [2.45, 2.75) is 33.8 Å². The molecule has 0 aliphatic rings. The quantitative estimate of drug-likeness (QED) is 0.824. The number of aryl methyl sites for hydroxylation is 1. The molecule has 23 heavy (non-hydrogen) atoms. The zero-order chi connectivity index (χ0) is 17.6.